The fraction of sp³-hybridized carbons (Fsp3) is 0.0667. The van der Waals surface area contributed by atoms with Crippen molar-refractivity contribution in [2.75, 3.05) is 11.9 Å². The second kappa shape index (κ2) is 7.63. The zero-order valence-electron chi connectivity index (χ0n) is 11.2. The van der Waals surface area contributed by atoms with Crippen LogP contribution < -0.4 is 10.6 Å². The molecule has 4 nitrogen and oxygen atoms in total. The molecule has 0 spiro atoms. The minimum Gasteiger partial charge on any atom is -0.343 e. The van der Waals surface area contributed by atoms with Gasteiger partial charge in [0.25, 0.3) is 5.91 Å². The van der Waals surface area contributed by atoms with E-state index >= 15 is 0 Å². The number of nitrogens with one attached hydrogen (secondary N) is 2. The predicted octanol–water partition coefficient (Wildman–Crippen LogP) is 4.12. The maximum Gasteiger partial charge on any atom is 0.251 e. The molecule has 0 saturated carbocycles. The van der Waals surface area contributed by atoms with Crippen LogP contribution in [-0.4, -0.2) is 18.4 Å². The van der Waals surface area contributed by atoms with Crippen molar-refractivity contribution in [1.29, 1.82) is 0 Å². The highest BCUT2D eigenvalue weighted by Crippen LogP contribution is 2.25. The number of carbonyl (C=O) groups excluding carboxylic acids is 2. The van der Waals surface area contributed by atoms with E-state index in [9.17, 15) is 9.59 Å². The molecule has 0 unspecified atom stereocenters. The summed E-state index contributed by atoms with van der Waals surface area (Å²) in [7, 11) is 0. The van der Waals surface area contributed by atoms with Crippen molar-refractivity contribution in [2.24, 2.45) is 0 Å². The van der Waals surface area contributed by atoms with Gasteiger partial charge in [-0.05, 0) is 36.4 Å². The molecule has 0 heterocycles. The van der Waals surface area contributed by atoms with E-state index in [0.29, 0.717) is 21.3 Å². The van der Waals surface area contributed by atoms with E-state index in [0.717, 1.165) is 4.47 Å². The normalized spacial score (nSPS) is 10.1. The van der Waals surface area contributed by atoms with Crippen molar-refractivity contribution in [2.45, 2.75) is 0 Å². The molecule has 7 heteroatoms. The minimum atomic E-state index is -0.396. The lowest BCUT2D eigenvalue weighted by Gasteiger charge is -2.09. The summed E-state index contributed by atoms with van der Waals surface area (Å²) in [6.07, 6.45) is 0. The standard InChI is InChI=1S/C15H11BrCl2N2O2/c16-10-3-1-2-9(6-10)15(22)19-8-14(21)20-13-7-11(17)4-5-12(13)18/h1-7H,8H2,(H,19,22)(H,20,21). The van der Waals surface area contributed by atoms with Gasteiger partial charge in [0.2, 0.25) is 5.91 Å². The minimum absolute atomic E-state index is 0.172. The van der Waals surface area contributed by atoms with E-state index in [1.165, 1.54) is 6.07 Å². The molecule has 2 aromatic rings. The van der Waals surface area contributed by atoms with E-state index in [1.807, 2.05) is 6.07 Å². The van der Waals surface area contributed by atoms with E-state index in [1.54, 1.807) is 30.3 Å². The van der Waals surface area contributed by atoms with Crippen LogP contribution >= 0.6 is 39.1 Å². The molecule has 0 saturated heterocycles. The summed E-state index contributed by atoms with van der Waals surface area (Å²) in [6.45, 7) is -0.172. The molecular formula is C15H11BrCl2N2O2. The van der Waals surface area contributed by atoms with Gasteiger partial charge in [-0.3, -0.25) is 9.59 Å². The summed E-state index contributed by atoms with van der Waals surface area (Å²) in [6, 6.07) is 11.6. The number of rotatable bonds is 4. The Morgan fingerprint density at radius 3 is 2.59 bits per heavy atom. The van der Waals surface area contributed by atoms with Gasteiger partial charge >= 0.3 is 0 Å². The Bertz CT molecular complexity index is 722. The first kappa shape index (κ1) is 16.8. The van der Waals surface area contributed by atoms with Crippen LogP contribution in [0.5, 0.6) is 0 Å². The Morgan fingerprint density at radius 1 is 1.09 bits per heavy atom. The van der Waals surface area contributed by atoms with E-state index in [2.05, 4.69) is 26.6 Å². The number of amides is 2. The van der Waals surface area contributed by atoms with Crippen LogP contribution in [-0.2, 0) is 4.79 Å². The van der Waals surface area contributed by atoms with Crippen LogP contribution in [0.15, 0.2) is 46.9 Å². The Morgan fingerprint density at radius 2 is 1.86 bits per heavy atom. The van der Waals surface area contributed by atoms with Crippen molar-refractivity contribution < 1.29 is 9.59 Å². The molecule has 0 atom stereocenters. The van der Waals surface area contributed by atoms with Crippen LogP contribution in [0.3, 0.4) is 0 Å². The highest BCUT2D eigenvalue weighted by atomic mass is 79.9. The van der Waals surface area contributed by atoms with Gasteiger partial charge in [0, 0.05) is 15.1 Å². The predicted molar refractivity (Wildman–Crippen MR) is 91.6 cm³/mol. The summed E-state index contributed by atoms with van der Waals surface area (Å²) < 4.78 is 0.787. The average molecular weight is 402 g/mol. The number of anilines is 1. The Balaban J connectivity index is 1.93. The second-order valence-electron chi connectivity index (χ2n) is 4.37. The lowest BCUT2D eigenvalue weighted by Crippen LogP contribution is -2.32. The van der Waals surface area contributed by atoms with Gasteiger partial charge in [-0.15, -0.1) is 0 Å². The smallest absolute Gasteiger partial charge is 0.251 e. The molecule has 0 fully saturated rings. The van der Waals surface area contributed by atoms with Gasteiger partial charge in [-0.25, -0.2) is 0 Å². The fourth-order valence-electron chi connectivity index (χ4n) is 1.68. The fourth-order valence-corrected chi connectivity index (χ4v) is 2.42. The molecular weight excluding hydrogens is 391 g/mol. The Hall–Kier alpha value is -1.56. The molecule has 0 aliphatic carbocycles. The first-order valence-electron chi connectivity index (χ1n) is 6.24. The van der Waals surface area contributed by atoms with Gasteiger partial charge < -0.3 is 10.6 Å². The third-order valence-corrected chi connectivity index (χ3v) is 3.76. The van der Waals surface area contributed by atoms with Gasteiger partial charge in [-0.1, -0.05) is 45.2 Å². The molecule has 0 bridgehead atoms. The van der Waals surface area contributed by atoms with Crippen molar-refractivity contribution in [3.05, 3.63) is 62.5 Å². The molecule has 0 aliphatic heterocycles. The third-order valence-electron chi connectivity index (χ3n) is 2.70. The number of halogens is 3. The molecule has 114 valence electrons. The summed E-state index contributed by atoms with van der Waals surface area (Å²) in [5, 5.41) is 5.95. The van der Waals surface area contributed by atoms with E-state index < -0.39 is 5.91 Å². The second-order valence-corrected chi connectivity index (χ2v) is 6.12. The summed E-state index contributed by atoms with van der Waals surface area (Å²) in [5.74, 6) is -0.735. The van der Waals surface area contributed by atoms with Gasteiger partial charge in [-0.2, -0.15) is 0 Å². The van der Waals surface area contributed by atoms with Crippen LogP contribution in [0.4, 0.5) is 5.69 Å². The number of hydrogen-bond donors (Lipinski definition) is 2. The first-order chi connectivity index (χ1) is 10.5. The maximum absolute atomic E-state index is 11.9. The van der Waals surface area contributed by atoms with E-state index in [4.69, 9.17) is 23.2 Å². The molecule has 0 aromatic heterocycles. The van der Waals surface area contributed by atoms with Crippen LogP contribution in [0.25, 0.3) is 0 Å². The van der Waals surface area contributed by atoms with Crippen molar-refractivity contribution in [3.63, 3.8) is 0 Å². The van der Waals surface area contributed by atoms with Gasteiger partial charge in [0.1, 0.15) is 0 Å². The topological polar surface area (TPSA) is 58.2 Å². The van der Waals surface area contributed by atoms with Gasteiger partial charge in [0.15, 0.2) is 0 Å². The summed E-state index contributed by atoms with van der Waals surface area (Å²) >= 11 is 15.1. The molecule has 2 aromatic carbocycles. The quantitative estimate of drug-likeness (QED) is 0.809. The lowest BCUT2D eigenvalue weighted by molar-refractivity contribution is -0.115. The number of hydrogen-bond acceptors (Lipinski definition) is 2. The summed E-state index contributed by atoms with van der Waals surface area (Å²) in [5.41, 5.74) is 0.860. The van der Waals surface area contributed by atoms with Crippen LogP contribution in [0.2, 0.25) is 10.0 Å². The van der Waals surface area contributed by atoms with Crippen molar-refractivity contribution in [1.82, 2.24) is 5.32 Å². The molecule has 2 rings (SSSR count). The van der Waals surface area contributed by atoms with Gasteiger partial charge in [0.05, 0.1) is 17.3 Å². The zero-order chi connectivity index (χ0) is 16.1. The SMILES string of the molecule is O=C(CNC(=O)c1cccc(Br)c1)Nc1cc(Cl)ccc1Cl. The van der Waals surface area contributed by atoms with Crippen LogP contribution in [0, 0.1) is 0 Å². The lowest BCUT2D eigenvalue weighted by atomic mass is 10.2. The van der Waals surface area contributed by atoms with Crippen LogP contribution in [0.1, 0.15) is 10.4 Å². The Labute approximate surface area is 145 Å². The number of carbonyl (C=O) groups is 2. The molecule has 0 radical (unpaired) electrons. The summed E-state index contributed by atoms with van der Waals surface area (Å²) in [4.78, 5) is 23.8. The number of benzene rings is 2. The highest BCUT2D eigenvalue weighted by molar-refractivity contribution is 9.10. The molecule has 2 N–H and O–H groups in total. The first-order valence-corrected chi connectivity index (χ1v) is 7.79. The van der Waals surface area contributed by atoms with Crippen molar-refractivity contribution >= 4 is 56.6 Å². The zero-order valence-corrected chi connectivity index (χ0v) is 14.3. The molecule has 22 heavy (non-hydrogen) atoms. The Kier molecular flexibility index (Phi) is 5.83. The average Bonchev–Trinajstić information content (AvgIpc) is 2.48. The molecule has 2 amide bonds. The highest BCUT2D eigenvalue weighted by Gasteiger charge is 2.10. The largest absolute Gasteiger partial charge is 0.343 e. The third kappa shape index (κ3) is 4.73. The maximum atomic E-state index is 11.9. The molecule has 0 aliphatic rings. The van der Waals surface area contributed by atoms with Crippen molar-refractivity contribution in [3.8, 4) is 0 Å². The van der Waals surface area contributed by atoms with E-state index in [-0.39, 0.29) is 12.5 Å². The monoisotopic (exact) mass is 400 g/mol.